The lowest BCUT2D eigenvalue weighted by Gasteiger charge is -2.23. The number of likely N-dealkylation sites (tertiary alicyclic amines) is 1. The first-order valence-electron chi connectivity index (χ1n) is 8.85. The Hall–Kier alpha value is -2.14. The number of rotatable bonds is 8. The molecule has 1 amide bonds. The molecule has 2 N–H and O–H groups in total. The van der Waals surface area contributed by atoms with Gasteiger partial charge in [0.25, 0.3) is 0 Å². The van der Waals surface area contributed by atoms with E-state index in [1.54, 1.807) is 30.3 Å². The van der Waals surface area contributed by atoms with E-state index < -0.39 is 12.1 Å². The van der Waals surface area contributed by atoms with Crippen molar-refractivity contribution in [1.29, 1.82) is 0 Å². The Kier molecular flexibility index (Phi) is 6.76. The second kappa shape index (κ2) is 8.81. The second-order valence-electron chi connectivity index (χ2n) is 7.03. The molecule has 1 fully saturated rings. The average Bonchev–Trinajstić information content (AvgIpc) is 2.91. The number of carboxylic acid groups (broad SMARTS) is 1. The summed E-state index contributed by atoms with van der Waals surface area (Å²) >= 11 is 0. The molecule has 1 aromatic carbocycles. The fourth-order valence-electron chi connectivity index (χ4n) is 3.13. The van der Waals surface area contributed by atoms with Crippen molar-refractivity contribution >= 4 is 11.9 Å². The van der Waals surface area contributed by atoms with E-state index in [1.165, 1.54) is 0 Å². The molecular weight excluding hydrogens is 318 g/mol. The summed E-state index contributed by atoms with van der Waals surface area (Å²) in [5.74, 6) is -0.378. The summed E-state index contributed by atoms with van der Waals surface area (Å²) in [5.41, 5.74) is 1.27. The summed E-state index contributed by atoms with van der Waals surface area (Å²) in [6.45, 7) is 4.73. The molecule has 0 aromatic heterocycles. The molecule has 25 heavy (non-hydrogen) atoms. The number of amides is 1. The molecule has 1 heterocycles. The molecule has 5 nitrogen and oxygen atoms in total. The Morgan fingerprint density at radius 3 is 2.60 bits per heavy atom. The Bertz CT molecular complexity index is 621. The molecule has 136 valence electrons. The van der Waals surface area contributed by atoms with Crippen LogP contribution in [0.2, 0.25) is 0 Å². The van der Waals surface area contributed by atoms with Crippen molar-refractivity contribution in [3.8, 4) is 0 Å². The zero-order valence-electron chi connectivity index (χ0n) is 14.9. The van der Waals surface area contributed by atoms with Crippen molar-refractivity contribution in [3.63, 3.8) is 0 Å². The molecule has 5 heteroatoms. The highest BCUT2D eigenvalue weighted by Crippen LogP contribution is 2.21. The third kappa shape index (κ3) is 5.71. The van der Waals surface area contributed by atoms with Crippen LogP contribution in [0.4, 0.5) is 0 Å². The first-order valence-corrected chi connectivity index (χ1v) is 8.85. The summed E-state index contributed by atoms with van der Waals surface area (Å²) < 4.78 is 0. The average molecular weight is 345 g/mol. The predicted octanol–water partition coefficient (Wildman–Crippen LogP) is 2.88. The maximum absolute atomic E-state index is 12.1. The Balaban J connectivity index is 1.93. The van der Waals surface area contributed by atoms with Crippen molar-refractivity contribution in [2.75, 3.05) is 6.54 Å². The minimum absolute atomic E-state index is 0.0348. The molecule has 0 saturated carbocycles. The van der Waals surface area contributed by atoms with Crippen LogP contribution in [0.3, 0.4) is 0 Å². The highest BCUT2D eigenvalue weighted by molar-refractivity contribution is 5.87. The molecule has 0 unspecified atom stereocenters. The van der Waals surface area contributed by atoms with Crippen LogP contribution in [0.5, 0.6) is 0 Å². The highest BCUT2D eigenvalue weighted by atomic mass is 16.4. The van der Waals surface area contributed by atoms with Crippen LogP contribution < -0.4 is 0 Å². The third-order valence-electron chi connectivity index (χ3n) is 4.49. The van der Waals surface area contributed by atoms with Gasteiger partial charge in [0.15, 0.2) is 0 Å². The lowest BCUT2D eigenvalue weighted by atomic mass is 10.0. The molecule has 2 atom stereocenters. The van der Waals surface area contributed by atoms with Crippen LogP contribution in [-0.4, -0.2) is 45.7 Å². The quantitative estimate of drug-likeness (QED) is 0.710. The Morgan fingerprint density at radius 2 is 2.00 bits per heavy atom. The van der Waals surface area contributed by atoms with E-state index in [4.69, 9.17) is 5.11 Å². The van der Waals surface area contributed by atoms with Crippen LogP contribution in [0, 0.1) is 5.92 Å². The van der Waals surface area contributed by atoms with Gasteiger partial charge in [-0.1, -0.05) is 38.1 Å². The maximum atomic E-state index is 12.1. The van der Waals surface area contributed by atoms with E-state index in [2.05, 4.69) is 13.8 Å². The van der Waals surface area contributed by atoms with E-state index in [1.807, 2.05) is 11.0 Å². The topological polar surface area (TPSA) is 77.8 Å². The van der Waals surface area contributed by atoms with Gasteiger partial charge in [0.2, 0.25) is 5.91 Å². The summed E-state index contributed by atoms with van der Waals surface area (Å²) in [6.07, 6.45) is 6.00. The first kappa shape index (κ1) is 19.2. The van der Waals surface area contributed by atoms with Gasteiger partial charge in [0.1, 0.15) is 0 Å². The minimum Gasteiger partial charge on any atom is -0.478 e. The normalized spacial score (nSPS) is 19.1. The molecule has 0 bridgehead atoms. The predicted molar refractivity (Wildman–Crippen MR) is 96.4 cm³/mol. The van der Waals surface area contributed by atoms with Crippen molar-refractivity contribution in [1.82, 2.24) is 4.90 Å². The van der Waals surface area contributed by atoms with Crippen molar-refractivity contribution in [2.45, 2.75) is 51.7 Å². The van der Waals surface area contributed by atoms with Gasteiger partial charge >= 0.3 is 5.97 Å². The van der Waals surface area contributed by atoms with Crippen LogP contribution in [0.15, 0.2) is 36.4 Å². The number of carbonyl (C=O) groups excluding carboxylic acids is 1. The van der Waals surface area contributed by atoms with Crippen LogP contribution >= 0.6 is 0 Å². The van der Waals surface area contributed by atoms with Crippen molar-refractivity contribution < 1.29 is 19.8 Å². The molecule has 0 radical (unpaired) electrons. The number of hydrogen-bond donors (Lipinski definition) is 2. The summed E-state index contributed by atoms with van der Waals surface area (Å²) in [6, 6.07) is 6.79. The molecular formula is C20H27NO4. The smallest absolute Gasteiger partial charge is 0.335 e. The summed E-state index contributed by atoms with van der Waals surface area (Å²) in [5, 5.41) is 18.9. The monoisotopic (exact) mass is 345 g/mol. The van der Waals surface area contributed by atoms with Gasteiger partial charge in [0, 0.05) is 13.0 Å². The number of aromatic carboxylic acids is 1. The third-order valence-corrected chi connectivity index (χ3v) is 4.49. The van der Waals surface area contributed by atoms with E-state index in [9.17, 15) is 14.7 Å². The lowest BCUT2D eigenvalue weighted by molar-refractivity contribution is -0.128. The molecule has 0 aliphatic carbocycles. The second-order valence-corrected chi connectivity index (χ2v) is 7.03. The van der Waals surface area contributed by atoms with Crippen molar-refractivity contribution in [2.24, 2.45) is 5.92 Å². The number of aliphatic hydroxyl groups is 1. The summed E-state index contributed by atoms with van der Waals surface area (Å²) in [4.78, 5) is 24.9. The van der Waals surface area contributed by atoms with Gasteiger partial charge in [-0.25, -0.2) is 4.79 Å². The highest BCUT2D eigenvalue weighted by Gasteiger charge is 2.28. The lowest BCUT2D eigenvalue weighted by Crippen LogP contribution is -2.33. The van der Waals surface area contributed by atoms with E-state index >= 15 is 0 Å². The van der Waals surface area contributed by atoms with Gasteiger partial charge < -0.3 is 15.1 Å². The number of aliphatic hydroxyl groups excluding tert-OH is 1. The van der Waals surface area contributed by atoms with E-state index in [-0.39, 0.29) is 17.5 Å². The first-order chi connectivity index (χ1) is 11.9. The number of carbonyl (C=O) groups is 2. The Morgan fingerprint density at radius 1 is 1.32 bits per heavy atom. The fourth-order valence-corrected chi connectivity index (χ4v) is 3.13. The Labute approximate surface area is 149 Å². The van der Waals surface area contributed by atoms with Gasteiger partial charge in [-0.2, -0.15) is 0 Å². The fraction of sp³-hybridized carbons (Fsp3) is 0.500. The van der Waals surface area contributed by atoms with Crippen LogP contribution in [0.25, 0.3) is 0 Å². The van der Waals surface area contributed by atoms with E-state index in [0.717, 1.165) is 12.0 Å². The summed E-state index contributed by atoms with van der Waals surface area (Å²) in [7, 11) is 0. The molecule has 2 rings (SSSR count). The van der Waals surface area contributed by atoms with Crippen LogP contribution in [0.1, 0.15) is 49.0 Å². The van der Waals surface area contributed by atoms with E-state index in [0.29, 0.717) is 31.7 Å². The molecule has 1 saturated heterocycles. The number of carboxylic acids is 1. The van der Waals surface area contributed by atoms with Gasteiger partial charge in [0.05, 0.1) is 17.7 Å². The zero-order valence-corrected chi connectivity index (χ0v) is 14.9. The molecule has 1 aromatic rings. The van der Waals surface area contributed by atoms with Gasteiger partial charge in [-0.15, -0.1) is 0 Å². The number of nitrogens with zero attached hydrogens (tertiary/aromatic N) is 1. The standard InChI is InChI=1S/C20H27NO4/c1-14(2)13-18(22)9-7-17-8-10-19(23)21(17)12-11-15-3-5-16(6-4-15)20(24)25/h3-7,9,14,17-18,22H,8,10-13H2,1-2H3,(H,24,25)/b9-7+/t17-,18+/m0/s1. The van der Waals surface area contributed by atoms with Gasteiger partial charge in [-0.3, -0.25) is 4.79 Å². The van der Waals surface area contributed by atoms with Gasteiger partial charge in [-0.05, 0) is 42.9 Å². The van der Waals surface area contributed by atoms with Crippen LogP contribution in [-0.2, 0) is 11.2 Å². The maximum Gasteiger partial charge on any atom is 0.335 e. The minimum atomic E-state index is -0.938. The largest absolute Gasteiger partial charge is 0.478 e. The molecule has 1 aliphatic heterocycles. The zero-order chi connectivity index (χ0) is 18.4. The molecule has 1 aliphatic rings. The number of hydrogen-bond acceptors (Lipinski definition) is 3. The SMILES string of the molecule is CC(C)C[C@H](O)/C=C/[C@H]1CCC(=O)N1CCc1ccc(C(=O)O)cc1. The molecule has 0 spiro atoms. The number of benzene rings is 1. The van der Waals surface area contributed by atoms with Crippen molar-refractivity contribution in [3.05, 3.63) is 47.5 Å².